The maximum absolute atomic E-state index is 11.6. The summed E-state index contributed by atoms with van der Waals surface area (Å²) in [4.78, 5) is 22.7. The Balaban J connectivity index is 1.71. The third-order valence-corrected chi connectivity index (χ3v) is 3.23. The molecule has 2 heterocycles. The molecule has 0 N–H and O–H groups in total. The van der Waals surface area contributed by atoms with Gasteiger partial charge in [0.25, 0.3) is 6.29 Å². The van der Waals surface area contributed by atoms with E-state index in [0.717, 1.165) is 6.42 Å². The molecule has 1 saturated heterocycles. The van der Waals surface area contributed by atoms with Crippen LogP contribution in [0.1, 0.15) is 13.3 Å². The van der Waals surface area contributed by atoms with Crippen molar-refractivity contribution in [2.45, 2.75) is 25.7 Å². The van der Waals surface area contributed by atoms with Gasteiger partial charge in [-0.05, 0) is 6.92 Å². The van der Waals surface area contributed by atoms with Gasteiger partial charge in [-0.25, -0.2) is 9.59 Å². The highest BCUT2D eigenvalue weighted by molar-refractivity contribution is 5.92. The number of carbonyl (C=O) groups is 2. The van der Waals surface area contributed by atoms with Crippen molar-refractivity contribution >= 4 is 11.9 Å². The first-order valence-corrected chi connectivity index (χ1v) is 5.78. The summed E-state index contributed by atoms with van der Waals surface area (Å²) < 4.78 is 15.4. The summed E-state index contributed by atoms with van der Waals surface area (Å²) in [5, 5.41) is 0. The molecule has 0 amide bonds. The lowest BCUT2D eigenvalue weighted by Gasteiger charge is -2.09. The zero-order chi connectivity index (χ0) is 12.7. The van der Waals surface area contributed by atoms with E-state index >= 15 is 0 Å². The zero-order valence-electron chi connectivity index (χ0n) is 9.79. The Labute approximate surface area is 104 Å². The van der Waals surface area contributed by atoms with Crippen LogP contribution < -0.4 is 0 Å². The first-order chi connectivity index (χ1) is 8.65. The van der Waals surface area contributed by atoms with Crippen molar-refractivity contribution < 1.29 is 23.8 Å². The molecule has 3 rings (SSSR count). The van der Waals surface area contributed by atoms with E-state index in [1.165, 1.54) is 6.26 Å². The van der Waals surface area contributed by atoms with E-state index in [9.17, 15) is 9.59 Å². The molecule has 0 unspecified atom stereocenters. The van der Waals surface area contributed by atoms with E-state index in [-0.39, 0.29) is 18.0 Å². The molecule has 3 aliphatic rings. The fourth-order valence-electron chi connectivity index (χ4n) is 2.24. The molecule has 18 heavy (non-hydrogen) atoms. The Morgan fingerprint density at radius 3 is 2.89 bits per heavy atom. The highest BCUT2D eigenvalue weighted by Gasteiger charge is 2.40. The van der Waals surface area contributed by atoms with Gasteiger partial charge in [0.1, 0.15) is 6.10 Å². The number of ether oxygens (including phenoxy) is 3. The Kier molecular flexibility index (Phi) is 2.47. The minimum absolute atomic E-state index is 0.0420. The average Bonchev–Trinajstić information content (AvgIpc) is 2.94. The van der Waals surface area contributed by atoms with Crippen LogP contribution in [0.5, 0.6) is 0 Å². The quantitative estimate of drug-likeness (QED) is 0.318. The van der Waals surface area contributed by atoms with Crippen LogP contribution in [0, 0.1) is 5.92 Å². The third-order valence-electron chi connectivity index (χ3n) is 3.23. The summed E-state index contributed by atoms with van der Waals surface area (Å²) in [6, 6.07) is 0. The van der Waals surface area contributed by atoms with Gasteiger partial charge in [-0.1, -0.05) is 12.2 Å². The van der Waals surface area contributed by atoms with Crippen LogP contribution in [0.15, 0.2) is 35.6 Å². The van der Waals surface area contributed by atoms with E-state index in [1.54, 1.807) is 13.0 Å². The summed E-state index contributed by atoms with van der Waals surface area (Å²) in [6.45, 7) is 1.65. The van der Waals surface area contributed by atoms with Crippen molar-refractivity contribution in [3.63, 3.8) is 0 Å². The summed E-state index contributed by atoms with van der Waals surface area (Å²) in [7, 11) is 0. The summed E-state index contributed by atoms with van der Waals surface area (Å²) in [5.74, 6) is -0.801. The molecule has 1 fully saturated rings. The molecule has 5 nitrogen and oxygen atoms in total. The van der Waals surface area contributed by atoms with Crippen LogP contribution in [-0.2, 0) is 23.8 Å². The van der Waals surface area contributed by atoms with E-state index in [0.29, 0.717) is 11.1 Å². The monoisotopic (exact) mass is 248 g/mol. The first kappa shape index (κ1) is 11.1. The Bertz CT molecular complexity index is 500. The van der Waals surface area contributed by atoms with Crippen LogP contribution in [0.3, 0.4) is 0 Å². The van der Waals surface area contributed by atoms with Crippen molar-refractivity contribution in [2.24, 2.45) is 5.92 Å². The first-order valence-electron chi connectivity index (χ1n) is 5.78. The predicted molar refractivity (Wildman–Crippen MR) is 59.9 cm³/mol. The van der Waals surface area contributed by atoms with Gasteiger partial charge < -0.3 is 14.2 Å². The van der Waals surface area contributed by atoms with Crippen LogP contribution in [0.2, 0.25) is 0 Å². The number of rotatable bonds is 2. The molecule has 0 aromatic heterocycles. The van der Waals surface area contributed by atoms with E-state index in [1.807, 2.05) is 12.2 Å². The topological polar surface area (TPSA) is 61.8 Å². The maximum Gasteiger partial charge on any atom is 0.338 e. The van der Waals surface area contributed by atoms with Gasteiger partial charge >= 0.3 is 11.9 Å². The van der Waals surface area contributed by atoms with Crippen molar-refractivity contribution in [3.05, 3.63) is 35.6 Å². The smallest absolute Gasteiger partial charge is 0.338 e. The Morgan fingerprint density at radius 1 is 1.33 bits per heavy atom. The molecule has 0 aromatic carbocycles. The number of hydrogen-bond acceptors (Lipinski definition) is 5. The summed E-state index contributed by atoms with van der Waals surface area (Å²) >= 11 is 0. The fourth-order valence-corrected chi connectivity index (χ4v) is 2.24. The second-order valence-electron chi connectivity index (χ2n) is 4.47. The minimum Gasteiger partial charge on any atom is -0.458 e. The number of hydrogen-bond donors (Lipinski definition) is 0. The summed E-state index contributed by atoms with van der Waals surface area (Å²) in [6.07, 6.45) is 6.72. The van der Waals surface area contributed by atoms with Crippen molar-refractivity contribution in [1.29, 1.82) is 0 Å². The molecule has 94 valence electrons. The van der Waals surface area contributed by atoms with E-state index < -0.39 is 12.3 Å². The van der Waals surface area contributed by atoms with Crippen LogP contribution in [0.4, 0.5) is 0 Å². The molecule has 3 atom stereocenters. The average molecular weight is 248 g/mol. The van der Waals surface area contributed by atoms with Crippen molar-refractivity contribution in [2.75, 3.05) is 0 Å². The summed E-state index contributed by atoms with van der Waals surface area (Å²) in [5.41, 5.74) is 0.980. The van der Waals surface area contributed by atoms with Gasteiger partial charge in [0.15, 0.2) is 0 Å². The predicted octanol–water partition coefficient (Wildman–Crippen LogP) is 1.22. The van der Waals surface area contributed by atoms with E-state index in [2.05, 4.69) is 0 Å². The zero-order valence-corrected chi connectivity index (χ0v) is 9.79. The van der Waals surface area contributed by atoms with Crippen LogP contribution >= 0.6 is 0 Å². The number of carbonyl (C=O) groups excluding carboxylic acids is 2. The lowest BCUT2D eigenvalue weighted by molar-refractivity contribution is -0.152. The van der Waals surface area contributed by atoms with Crippen molar-refractivity contribution in [3.8, 4) is 0 Å². The highest BCUT2D eigenvalue weighted by Crippen LogP contribution is 2.35. The highest BCUT2D eigenvalue weighted by atomic mass is 16.7. The largest absolute Gasteiger partial charge is 0.458 e. The molecule has 5 heteroatoms. The molecule has 0 saturated carbocycles. The fraction of sp³-hybridized carbons (Fsp3) is 0.385. The number of esters is 2. The van der Waals surface area contributed by atoms with Crippen LogP contribution in [-0.4, -0.2) is 24.3 Å². The second-order valence-corrected chi connectivity index (χ2v) is 4.47. The molecule has 0 bridgehead atoms. The third kappa shape index (κ3) is 1.72. The lowest BCUT2D eigenvalue weighted by atomic mass is 10.0. The molecule has 1 aliphatic carbocycles. The normalized spacial score (nSPS) is 35.5. The molecule has 0 spiro atoms. The van der Waals surface area contributed by atoms with Crippen LogP contribution in [0.25, 0.3) is 0 Å². The standard InChI is InChI=1S/C13H12O5/c1-7-5-11(18-12(7)14)16-6-9-8-3-2-4-10(8)17-13(9)15/h2-3,5-6,8,10-11H,4H2,1H3/b9-6+/t8-,10-,11+/m0/s1. The van der Waals surface area contributed by atoms with Gasteiger partial charge in [0, 0.05) is 24.0 Å². The molecule has 2 aliphatic heterocycles. The maximum atomic E-state index is 11.6. The molecule has 0 aromatic rings. The lowest BCUT2D eigenvalue weighted by Crippen LogP contribution is -2.11. The molecular formula is C13H12O5. The van der Waals surface area contributed by atoms with Gasteiger partial charge in [-0.15, -0.1) is 0 Å². The number of fused-ring (bicyclic) bond motifs is 1. The van der Waals surface area contributed by atoms with Gasteiger partial charge in [0.2, 0.25) is 0 Å². The molecular weight excluding hydrogens is 236 g/mol. The minimum atomic E-state index is -0.748. The van der Waals surface area contributed by atoms with Gasteiger partial charge in [-0.2, -0.15) is 0 Å². The molecule has 0 radical (unpaired) electrons. The Hall–Kier alpha value is -2.04. The van der Waals surface area contributed by atoms with Gasteiger partial charge in [0.05, 0.1) is 11.8 Å². The van der Waals surface area contributed by atoms with Gasteiger partial charge in [-0.3, -0.25) is 0 Å². The SMILES string of the molecule is CC1=C[C@H](O/C=C2/C(=O)O[C@H]3CC=C[C@@H]23)OC1=O. The second kappa shape index (κ2) is 4.01. The van der Waals surface area contributed by atoms with E-state index in [4.69, 9.17) is 14.2 Å². The van der Waals surface area contributed by atoms with Crippen molar-refractivity contribution in [1.82, 2.24) is 0 Å². The number of cyclic esters (lactones) is 1. The Morgan fingerprint density at radius 2 is 2.17 bits per heavy atom.